The van der Waals surface area contributed by atoms with Crippen LogP contribution in [0.3, 0.4) is 0 Å². The van der Waals surface area contributed by atoms with E-state index < -0.39 is 0 Å². The van der Waals surface area contributed by atoms with Gasteiger partial charge in [0.1, 0.15) is 0 Å². The van der Waals surface area contributed by atoms with Crippen LogP contribution in [0.5, 0.6) is 0 Å². The summed E-state index contributed by atoms with van der Waals surface area (Å²) < 4.78 is 0. The molecule has 0 amide bonds. The molecule has 12 heavy (non-hydrogen) atoms. The Morgan fingerprint density at radius 1 is 1.50 bits per heavy atom. The zero-order valence-electron chi connectivity index (χ0n) is 5.98. The van der Waals surface area contributed by atoms with Crippen LogP contribution in [0.1, 0.15) is 0 Å². The van der Waals surface area contributed by atoms with Gasteiger partial charge in [0, 0.05) is 5.39 Å². The summed E-state index contributed by atoms with van der Waals surface area (Å²) >= 11 is 0. The Balaban J connectivity index is 2.67. The van der Waals surface area contributed by atoms with Gasteiger partial charge in [-0.05, 0) is 6.07 Å². The van der Waals surface area contributed by atoms with Gasteiger partial charge in [0.2, 0.25) is 6.08 Å². The molecule has 0 radical (unpaired) electrons. The van der Waals surface area contributed by atoms with Gasteiger partial charge >= 0.3 is 0 Å². The SMILES string of the molecule is O=C=Nc1cc2cn[nH]c2cn1. The number of aliphatic imine (C=N–C) groups is 1. The summed E-state index contributed by atoms with van der Waals surface area (Å²) in [6.07, 6.45) is 4.63. The first-order chi connectivity index (χ1) is 5.90. The van der Waals surface area contributed by atoms with E-state index in [0.717, 1.165) is 10.9 Å². The Kier molecular flexibility index (Phi) is 1.43. The van der Waals surface area contributed by atoms with E-state index in [-0.39, 0.29) is 0 Å². The Labute approximate surface area is 67.2 Å². The van der Waals surface area contributed by atoms with E-state index >= 15 is 0 Å². The molecule has 0 bridgehead atoms. The molecule has 2 aromatic heterocycles. The van der Waals surface area contributed by atoms with Crippen LogP contribution in [0.2, 0.25) is 0 Å². The Morgan fingerprint density at radius 3 is 3.25 bits per heavy atom. The molecule has 1 N–H and O–H groups in total. The monoisotopic (exact) mass is 160 g/mol. The molecule has 5 heteroatoms. The Bertz CT molecular complexity index is 455. The lowest BCUT2D eigenvalue weighted by Gasteiger charge is -1.88. The number of hydrogen-bond donors (Lipinski definition) is 1. The number of aromatic nitrogens is 3. The zero-order chi connectivity index (χ0) is 8.39. The maximum absolute atomic E-state index is 9.89. The molecular weight excluding hydrogens is 156 g/mol. The van der Waals surface area contributed by atoms with Gasteiger partial charge in [-0.3, -0.25) is 5.10 Å². The quantitative estimate of drug-likeness (QED) is 0.498. The van der Waals surface area contributed by atoms with Crippen molar-refractivity contribution in [3.8, 4) is 0 Å². The van der Waals surface area contributed by atoms with Crippen LogP contribution in [0.25, 0.3) is 10.9 Å². The molecule has 2 aromatic rings. The van der Waals surface area contributed by atoms with E-state index in [9.17, 15) is 4.79 Å². The molecule has 5 nitrogen and oxygen atoms in total. The van der Waals surface area contributed by atoms with E-state index in [1.165, 1.54) is 6.08 Å². The molecule has 2 heterocycles. The fraction of sp³-hybridized carbons (Fsp3) is 0. The van der Waals surface area contributed by atoms with Crippen molar-refractivity contribution in [1.29, 1.82) is 0 Å². The molecule has 0 aromatic carbocycles. The van der Waals surface area contributed by atoms with Crippen molar-refractivity contribution < 1.29 is 4.79 Å². The third-order valence-electron chi connectivity index (χ3n) is 1.47. The first kappa shape index (κ1) is 6.69. The summed E-state index contributed by atoms with van der Waals surface area (Å²) in [5.41, 5.74) is 0.819. The summed E-state index contributed by atoms with van der Waals surface area (Å²) in [4.78, 5) is 17.1. The number of nitrogens with one attached hydrogen (secondary N) is 1. The van der Waals surface area contributed by atoms with Gasteiger partial charge in [0.15, 0.2) is 5.82 Å². The van der Waals surface area contributed by atoms with Crippen molar-refractivity contribution in [2.24, 2.45) is 4.99 Å². The van der Waals surface area contributed by atoms with Gasteiger partial charge in [0.05, 0.1) is 17.9 Å². The largest absolute Gasteiger partial charge is 0.276 e. The third-order valence-corrected chi connectivity index (χ3v) is 1.47. The highest BCUT2D eigenvalue weighted by molar-refractivity contribution is 5.79. The van der Waals surface area contributed by atoms with E-state index in [1.54, 1.807) is 18.5 Å². The second kappa shape index (κ2) is 2.56. The fourth-order valence-corrected chi connectivity index (χ4v) is 0.939. The van der Waals surface area contributed by atoms with Crippen LogP contribution in [-0.2, 0) is 4.79 Å². The topological polar surface area (TPSA) is 71.0 Å². The average molecular weight is 160 g/mol. The summed E-state index contributed by atoms with van der Waals surface area (Å²) in [7, 11) is 0. The molecule has 0 spiro atoms. The van der Waals surface area contributed by atoms with Crippen molar-refractivity contribution in [2.45, 2.75) is 0 Å². The Hall–Kier alpha value is -2.00. The second-order valence-electron chi connectivity index (χ2n) is 2.20. The number of rotatable bonds is 1. The highest BCUT2D eigenvalue weighted by atomic mass is 16.1. The van der Waals surface area contributed by atoms with Gasteiger partial charge in [-0.25, -0.2) is 9.78 Å². The number of isocyanates is 1. The fourth-order valence-electron chi connectivity index (χ4n) is 0.939. The standard InChI is InChI=1S/C7H4N4O/c12-4-9-7-1-5-2-10-11-6(5)3-8-7/h1-3H,(H,10,11). The molecule has 0 unspecified atom stereocenters. The van der Waals surface area contributed by atoms with Crippen LogP contribution < -0.4 is 0 Å². The lowest BCUT2D eigenvalue weighted by molar-refractivity contribution is 0.565. The van der Waals surface area contributed by atoms with Crippen LogP contribution >= 0.6 is 0 Å². The predicted octanol–water partition coefficient (Wildman–Crippen LogP) is 0.925. The first-order valence-electron chi connectivity index (χ1n) is 3.27. The normalized spacial score (nSPS) is 9.67. The highest BCUT2D eigenvalue weighted by Gasteiger charge is 1.96. The number of aromatic amines is 1. The second-order valence-corrected chi connectivity index (χ2v) is 2.20. The number of H-pyrrole nitrogens is 1. The molecule has 0 aliphatic rings. The number of pyridine rings is 1. The van der Waals surface area contributed by atoms with Crippen molar-refractivity contribution in [1.82, 2.24) is 15.2 Å². The lowest BCUT2D eigenvalue weighted by Crippen LogP contribution is -1.73. The van der Waals surface area contributed by atoms with Crippen LogP contribution in [0, 0.1) is 0 Å². The van der Waals surface area contributed by atoms with Gasteiger partial charge in [-0.15, -0.1) is 4.99 Å². The van der Waals surface area contributed by atoms with Crippen LogP contribution in [0.15, 0.2) is 23.5 Å². The number of fused-ring (bicyclic) bond motifs is 1. The minimum Gasteiger partial charge on any atom is -0.276 e. The molecule has 0 saturated heterocycles. The zero-order valence-corrected chi connectivity index (χ0v) is 5.98. The Morgan fingerprint density at radius 2 is 2.42 bits per heavy atom. The average Bonchev–Trinajstić information content (AvgIpc) is 2.51. The van der Waals surface area contributed by atoms with E-state index in [1.807, 2.05) is 0 Å². The van der Waals surface area contributed by atoms with Gasteiger partial charge in [0.25, 0.3) is 0 Å². The highest BCUT2D eigenvalue weighted by Crippen LogP contribution is 2.14. The van der Waals surface area contributed by atoms with Gasteiger partial charge in [-0.2, -0.15) is 5.10 Å². The van der Waals surface area contributed by atoms with Crippen LogP contribution in [-0.4, -0.2) is 21.3 Å². The molecule has 0 aliphatic heterocycles. The molecule has 2 rings (SSSR count). The van der Waals surface area contributed by atoms with Crippen molar-refractivity contribution in [3.05, 3.63) is 18.5 Å². The van der Waals surface area contributed by atoms with E-state index in [0.29, 0.717) is 5.82 Å². The first-order valence-corrected chi connectivity index (χ1v) is 3.27. The predicted molar refractivity (Wildman–Crippen MR) is 41.7 cm³/mol. The van der Waals surface area contributed by atoms with Crippen molar-refractivity contribution >= 4 is 22.8 Å². The molecule has 0 atom stereocenters. The summed E-state index contributed by atoms with van der Waals surface area (Å²) in [5, 5.41) is 7.41. The minimum atomic E-state index is 0.346. The molecule has 0 saturated carbocycles. The molecule has 0 aliphatic carbocycles. The maximum Gasteiger partial charge on any atom is 0.242 e. The van der Waals surface area contributed by atoms with Crippen LogP contribution in [0.4, 0.5) is 5.82 Å². The van der Waals surface area contributed by atoms with Gasteiger partial charge < -0.3 is 0 Å². The van der Waals surface area contributed by atoms with Gasteiger partial charge in [-0.1, -0.05) is 0 Å². The van der Waals surface area contributed by atoms with Crippen molar-refractivity contribution in [2.75, 3.05) is 0 Å². The lowest BCUT2D eigenvalue weighted by atomic mass is 10.3. The molecule has 58 valence electrons. The number of hydrogen-bond acceptors (Lipinski definition) is 4. The number of carbonyl (C=O) groups excluding carboxylic acids is 1. The summed E-state index contributed by atoms with van der Waals surface area (Å²) in [6, 6.07) is 1.66. The number of nitrogens with zero attached hydrogens (tertiary/aromatic N) is 3. The molecular formula is C7H4N4O. The van der Waals surface area contributed by atoms with E-state index in [4.69, 9.17) is 0 Å². The molecule has 0 fully saturated rings. The smallest absolute Gasteiger partial charge is 0.242 e. The summed E-state index contributed by atoms with van der Waals surface area (Å²) in [6.45, 7) is 0. The van der Waals surface area contributed by atoms with E-state index in [2.05, 4.69) is 20.2 Å². The minimum absolute atomic E-state index is 0.346. The summed E-state index contributed by atoms with van der Waals surface area (Å²) in [5.74, 6) is 0.346. The maximum atomic E-state index is 9.89. The third kappa shape index (κ3) is 0.980. The van der Waals surface area contributed by atoms with Crippen molar-refractivity contribution in [3.63, 3.8) is 0 Å².